The van der Waals surface area contributed by atoms with Crippen LogP contribution in [0.5, 0.6) is 5.75 Å². The number of benzene rings is 1. The van der Waals surface area contributed by atoms with E-state index in [1.54, 1.807) is 0 Å². The van der Waals surface area contributed by atoms with Crippen LogP contribution in [0.4, 0.5) is 5.69 Å². The van der Waals surface area contributed by atoms with E-state index in [-0.39, 0.29) is 11.2 Å². The zero-order valence-corrected chi connectivity index (χ0v) is 12.1. The van der Waals surface area contributed by atoms with E-state index in [1.807, 2.05) is 24.3 Å². The predicted octanol–water partition coefficient (Wildman–Crippen LogP) is 3.63. The van der Waals surface area contributed by atoms with E-state index in [1.165, 1.54) is 0 Å². The molecule has 0 aromatic heterocycles. The number of ether oxygens (including phenoxy) is 2. The molecule has 102 valence electrons. The van der Waals surface area contributed by atoms with Gasteiger partial charge in [-0.15, -0.1) is 0 Å². The van der Waals surface area contributed by atoms with Crippen LogP contribution in [-0.4, -0.2) is 17.8 Å². The van der Waals surface area contributed by atoms with Crippen molar-refractivity contribution in [3.63, 3.8) is 0 Å². The Morgan fingerprint density at radius 3 is 2.33 bits per heavy atom. The summed E-state index contributed by atoms with van der Waals surface area (Å²) in [6.07, 6.45) is 0.832. The Bertz CT molecular complexity index is 380. The Morgan fingerprint density at radius 1 is 1.11 bits per heavy atom. The lowest BCUT2D eigenvalue weighted by atomic mass is 10.1. The van der Waals surface area contributed by atoms with Crippen LogP contribution in [0.25, 0.3) is 0 Å². The van der Waals surface area contributed by atoms with Crippen molar-refractivity contribution < 1.29 is 9.47 Å². The summed E-state index contributed by atoms with van der Waals surface area (Å²) in [6.45, 7) is 11.0. The summed E-state index contributed by atoms with van der Waals surface area (Å²) in [5, 5.41) is 0. The number of hydrogen-bond acceptors (Lipinski definition) is 3. The second-order valence-corrected chi connectivity index (χ2v) is 6.15. The van der Waals surface area contributed by atoms with Gasteiger partial charge in [0.2, 0.25) is 0 Å². The van der Waals surface area contributed by atoms with E-state index in [9.17, 15) is 0 Å². The van der Waals surface area contributed by atoms with E-state index in [4.69, 9.17) is 15.2 Å². The molecule has 0 amide bonds. The van der Waals surface area contributed by atoms with E-state index < -0.39 is 0 Å². The third-order valence-corrected chi connectivity index (χ3v) is 2.49. The standard InChI is InChI=1S/C15H25NO2/c1-14(2,3)17-10-9-15(4,5)18-13-8-6-7-12(16)11-13/h6-8,11H,9-10,16H2,1-5H3. The van der Waals surface area contributed by atoms with E-state index >= 15 is 0 Å². The first-order chi connectivity index (χ1) is 8.18. The molecule has 0 saturated carbocycles. The molecule has 0 atom stereocenters. The van der Waals surface area contributed by atoms with Crippen molar-refractivity contribution in [1.82, 2.24) is 0 Å². The van der Waals surface area contributed by atoms with Crippen LogP contribution in [-0.2, 0) is 4.74 Å². The summed E-state index contributed by atoms with van der Waals surface area (Å²) in [6, 6.07) is 7.50. The SMILES string of the molecule is CC(C)(C)OCCC(C)(C)Oc1cccc(N)c1. The molecule has 3 heteroatoms. The summed E-state index contributed by atoms with van der Waals surface area (Å²) in [7, 11) is 0. The van der Waals surface area contributed by atoms with Crippen molar-refractivity contribution in [2.24, 2.45) is 0 Å². The summed E-state index contributed by atoms with van der Waals surface area (Å²) in [5.74, 6) is 0.802. The minimum atomic E-state index is -0.265. The molecule has 0 saturated heterocycles. The van der Waals surface area contributed by atoms with E-state index in [0.717, 1.165) is 12.2 Å². The molecule has 3 nitrogen and oxygen atoms in total. The number of rotatable bonds is 5. The molecule has 1 aromatic rings. The first kappa shape index (κ1) is 14.8. The molecule has 0 aliphatic rings. The lowest BCUT2D eigenvalue weighted by molar-refractivity contribution is -0.0292. The Labute approximate surface area is 110 Å². The molecule has 0 fully saturated rings. The highest BCUT2D eigenvalue weighted by molar-refractivity contribution is 5.43. The van der Waals surface area contributed by atoms with Crippen molar-refractivity contribution in [3.8, 4) is 5.75 Å². The largest absolute Gasteiger partial charge is 0.488 e. The third-order valence-electron chi connectivity index (χ3n) is 2.49. The molecule has 1 aromatic carbocycles. The van der Waals surface area contributed by atoms with Crippen LogP contribution in [0, 0.1) is 0 Å². The smallest absolute Gasteiger partial charge is 0.122 e. The van der Waals surface area contributed by atoms with Gasteiger partial charge in [0.05, 0.1) is 12.2 Å². The fourth-order valence-corrected chi connectivity index (χ4v) is 1.55. The molecule has 1 rings (SSSR count). The summed E-state index contributed by atoms with van der Waals surface area (Å²) < 4.78 is 11.7. The lowest BCUT2D eigenvalue weighted by Gasteiger charge is -2.28. The van der Waals surface area contributed by atoms with Crippen molar-refractivity contribution in [3.05, 3.63) is 24.3 Å². The minimum absolute atomic E-state index is 0.104. The van der Waals surface area contributed by atoms with Gasteiger partial charge in [-0.1, -0.05) is 6.07 Å². The molecule has 0 heterocycles. The second-order valence-electron chi connectivity index (χ2n) is 6.15. The minimum Gasteiger partial charge on any atom is -0.488 e. The van der Waals surface area contributed by atoms with Crippen molar-refractivity contribution in [1.29, 1.82) is 0 Å². The Hall–Kier alpha value is -1.22. The first-order valence-electron chi connectivity index (χ1n) is 6.36. The van der Waals surface area contributed by atoms with Gasteiger partial charge in [-0.25, -0.2) is 0 Å². The normalized spacial score (nSPS) is 12.5. The van der Waals surface area contributed by atoms with Gasteiger partial charge in [0.25, 0.3) is 0 Å². The van der Waals surface area contributed by atoms with Crippen LogP contribution < -0.4 is 10.5 Å². The molecular formula is C15H25NO2. The number of hydrogen-bond donors (Lipinski definition) is 1. The Kier molecular flexibility index (Phi) is 4.63. The maximum Gasteiger partial charge on any atom is 0.122 e. The fourth-order valence-electron chi connectivity index (χ4n) is 1.55. The molecule has 0 bridgehead atoms. The average Bonchev–Trinajstić information content (AvgIpc) is 2.13. The van der Waals surface area contributed by atoms with Crippen LogP contribution in [0.3, 0.4) is 0 Å². The number of anilines is 1. The first-order valence-corrected chi connectivity index (χ1v) is 6.36. The molecule has 0 aliphatic carbocycles. The van der Waals surface area contributed by atoms with Gasteiger partial charge in [-0.05, 0) is 46.8 Å². The number of nitrogen functional groups attached to an aromatic ring is 1. The van der Waals surface area contributed by atoms with Gasteiger partial charge in [-0.3, -0.25) is 0 Å². The van der Waals surface area contributed by atoms with Gasteiger partial charge >= 0.3 is 0 Å². The molecule has 0 unspecified atom stereocenters. The maximum absolute atomic E-state index is 5.94. The van der Waals surface area contributed by atoms with E-state index in [2.05, 4.69) is 34.6 Å². The van der Waals surface area contributed by atoms with Crippen molar-refractivity contribution in [2.45, 2.75) is 52.2 Å². The highest BCUT2D eigenvalue weighted by atomic mass is 16.5. The van der Waals surface area contributed by atoms with Gasteiger partial charge < -0.3 is 15.2 Å². The number of nitrogens with two attached hydrogens (primary N) is 1. The monoisotopic (exact) mass is 251 g/mol. The van der Waals surface area contributed by atoms with Crippen LogP contribution in [0.1, 0.15) is 41.0 Å². The summed E-state index contributed by atoms with van der Waals surface area (Å²) in [5.41, 5.74) is 6.08. The van der Waals surface area contributed by atoms with Gasteiger partial charge in [0, 0.05) is 18.2 Å². The van der Waals surface area contributed by atoms with Crippen molar-refractivity contribution >= 4 is 5.69 Å². The Balaban J connectivity index is 2.49. The average molecular weight is 251 g/mol. The van der Waals surface area contributed by atoms with Crippen LogP contribution in [0.15, 0.2) is 24.3 Å². The highest BCUT2D eigenvalue weighted by Crippen LogP contribution is 2.23. The van der Waals surface area contributed by atoms with Crippen LogP contribution in [0.2, 0.25) is 0 Å². The van der Waals surface area contributed by atoms with Gasteiger partial charge in [0.1, 0.15) is 11.4 Å². The second kappa shape index (κ2) is 5.61. The maximum atomic E-state index is 5.94. The molecular weight excluding hydrogens is 226 g/mol. The zero-order valence-electron chi connectivity index (χ0n) is 12.1. The Morgan fingerprint density at radius 2 is 1.78 bits per heavy atom. The van der Waals surface area contributed by atoms with Crippen molar-refractivity contribution in [2.75, 3.05) is 12.3 Å². The zero-order chi connectivity index (χ0) is 13.8. The van der Waals surface area contributed by atoms with E-state index in [0.29, 0.717) is 12.3 Å². The highest BCUT2D eigenvalue weighted by Gasteiger charge is 2.21. The summed E-state index contributed by atoms with van der Waals surface area (Å²) in [4.78, 5) is 0. The van der Waals surface area contributed by atoms with Crippen LogP contribution >= 0.6 is 0 Å². The molecule has 2 N–H and O–H groups in total. The van der Waals surface area contributed by atoms with Gasteiger partial charge in [-0.2, -0.15) is 0 Å². The fraction of sp³-hybridized carbons (Fsp3) is 0.600. The lowest BCUT2D eigenvalue weighted by Crippen LogP contribution is -2.32. The summed E-state index contributed by atoms with van der Waals surface area (Å²) >= 11 is 0. The quantitative estimate of drug-likeness (QED) is 0.813. The molecule has 18 heavy (non-hydrogen) atoms. The molecule has 0 radical (unpaired) electrons. The predicted molar refractivity (Wildman–Crippen MR) is 75.9 cm³/mol. The third kappa shape index (κ3) is 5.92. The van der Waals surface area contributed by atoms with Gasteiger partial charge in [0.15, 0.2) is 0 Å². The topological polar surface area (TPSA) is 44.5 Å². The molecule has 0 aliphatic heterocycles. The molecule has 0 spiro atoms.